The molecule has 4 rings (SSSR count). The van der Waals surface area contributed by atoms with Gasteiger partial charge in [-0.1, -0.05) is 29.3 Å². The van der Waals surface area contributed by atoms with E-state index in [1.54, 1.807) is 30.3 Å². The molecule has 2 heterocycles. The topological polar surface area (TPSA) is 104 Å². The van der Waals surface area contributed by atoms with Gasteiger partial charge in [-0.2, -0.15) is 4.31 Å². The smallest absolute Gasteiger partial charge is 0.265 e. The number of nitrogens with zero attached hydrogens (tertiary/aromatic N) is 3. The third-order valence-corrected chi connectivity index (χ3v) is 8.97. The number of amides is 1. The zero-order valence-electron chi connectivity index (χ0n) is 18.1. The molecule has 33 heavy (non-hydrogen) atoms. The first-order valence-electron chi connectivity index (χ1n) is 10.3. The Morgan fingerprint density at radius 1 is 1.00 bits per heavy atom. The predicted octanol–water partition coefficient (Wildman–Crippen LogP) is 1.71. The van der Waals surface area contributed by atoms with Crippen molar-refractivity contribution in [3.05, 3.63) is 53.1 Å². The number of hydrogen-bond donors (Lipinski definition) is 0. The van der Waals surface area contributed by atoms with Crippen LogP contribution in [0.3, 0.4) is 0 Å². The highest BCUT2D eigenvalue weighted by molar-refractivity contribution is 7.92. The summed E-state index contributed by atoms with van der Waals surface area (Å²) in [5, 5.41) is 0.349. The molecule has 2 aliphatic heterocycles. The van der Waals surface area contributed by atoms with Gasteiger partial charge in [0.25, 0.3) is 5.91 Å². The SMILES string of the molecule is Cc1ccc(S(=O)(=O)N2CCN(C(=O)C3CN(S(C)(=O)=O)c4cc(Cl)ccc4O3)CC2)cc1. The summed E-state index contributed by atoms with van der Waals surface area (Å²) in [6, 6.07) is 11.2. The minimum atomic E-state index is -3.68. The maximum Gasteiger partial charge on any atom is 0.265 e. The van der Waals surface area contributed by atoms with E-state index in [1.807, 2.05) is 6.92 Å². The Morgan fingerprint density at radius 3 is 2.24 bits per heavy atom. The monoisotopic (exact) mass is 513 g/mol. The van der Waals surface area contributed by atoms with Crippen LogP contribution in [0.2, 0.25) is 5.02 Å². The Kier molecular flexibility index (Phi) is 6.34. The fraction of sp³-hybridized carbons (Fsp3) is 0.381. The van der Waals surface area contributed by atoms with Crippen molar-refractivity contribution in [3.8, 4) is 5.75 Å². The van der Waals surface area contributed by atoms with Crippen LogP contribution in [0.5, 0.6) is 5.75 Å². The zero-order chi connectivity index (χ0) is 24.0. The highest BCUT2D eigenvalue weighted by Crippen LogP contribution is 2.37. The third kappa shape index (κ3) is 4.81. The van der Waals surface area contributed by atoms with Crippen molar-refractivity contribution in [1.29, 1.82) is 0 Å². The summed E-state index contributed by atoms with van der Waals surface area (Å²) < 4.78 is 58.8. The molecule has 1 atom stereocenters. The standard InChI is InChI=1S/C21H24ClN3O6S2/c1-15-3-6-17(7-4-15)33(29,30)24-11-9-23(10-12-24)21(26)20-14-25(32(2,27)28)18-13-16(22)5-8-19(18)31-20/h3-8,13,20H,9-12,14H2,1-2H3. The molecule has 0 aromatic heterocycles. The Bertz CT molecular complexity index is 1270. The van der Waals surface area contributed by atoms with Gasteiger partial charge >= 0.3 is 0 Å². The zero-order valence-corrected chi connectivity index (χ0v) is 20.5. The molecule has 1 amide bonds. The number of carbonyl (C=O) groups is 1. The van der Waals surface area contributed by atoms with E-state index in [9.17, 15) is 21.6 Å². The van der Waals surface area contributed by atoms with Crippen molar-refractivity contribution in [2.24, 2.45) is 0 Å². The molecule has 2 aliphatic rings. The van der Waals surface area contributed by atoms with E-state index in [-0.39, 0.29) is 49.1 Å². The first-order chi connectivity index (χ1) is 15.5. The number of rotatable bonds is 4. The largest absolute Gasteiger partial charge is 0.476 e. The van der Waals surface area contributed by atoms with Crippen molar-refractivity contribution in [3.63, 3.8) is 0 Å². The number of hydrogen-bond acceptors (Lipinski definition) is 6. The maximum absolute atomic E-state index is 13.2. The molecule has 9 nitrogen and oxygen atoms in total. The van der Waals surface area contributed by atoms with E-state index in [2.05, 4.69) is 0 Å². The summed E-state index contributed by atoms with van der Waals surface area (Å²) in [6.45, 7) is 2.32. The quantitative estimate of drug-likeness (QED) is 0.616. The number of fused-ring (bicyclic) bond motifs is 1. The minimum absolute atomic E-state index is 0.136. The molecule has 0 bridgehead atoms. The lowest BCUT2D eigenvalue weighted by atomic mass is 10.2. The lowest BCUT2D eigenvalue weighted by molar-refractivity contribution is -0.139. The lowest BCUT2D eigenvalue weighted by Crippen LogP contribution is -2.56. The van der Waals surface area contributed by atoms with Gasteiger partial charge in [0.2, 0.25) is 20.0 Å². The van der Waals surface area contributed by atoms with Crippen LogP contribution in [0, 0.1) is 6.92 Å². The van der Waals surface area contributed by atoms with Crippen molar-refractivity contribution in [2.75, 3.05) is 43.3 Å². The summed E-state index contributed by atoms with van der Waals surface area (Å²) in [5.74, 6) is -0.147. The summed E-state index contributed by atoms with van der Waals surface area (Å²) in [7, 11) is -7.34. The second kappa shape index (κ2) is 8.79. The second-order valence-electron chi connectivity index (χ2n) is 8.06. The molecular weight excluding hydrogens is 490 g/mol. The minimum Gasteiger partial charge on any atom is -0.476 e. The Balaban J connectivity index is 1.48. The molecule has 178 valence electrons. The van der Waals surface area contributed by atoms with E-state index in [0.29, 0.717) is 5.02 Å². The molecule has 1 saturated heterocycles. The van der Waals surface area contributed by atoms with Crippen molar-refractivity contribution < 1.29 is 26.4 Å². The van der Waals surface area contributed by atoms with Crippen LogP contribution in [0.4, 0.5) is 5.69 Å². The summed E-state index contributed by atoms with van der Waals surface area (Å²) >= 11 is 6.01. The van der Waals surface area contributed by atoms with Gasteiger partial charge in [0.05, 0.1) is 23.4 Å². The number of carbonyl (C=O) groups excluding carboxylic acids is 1. The number of sulfonamides is 2. The van der Waals surface area contributed by atoms with Gasteiger partial charge in [0.15, 0.2) is 6.10 Å². The number of ether oxygens (including phenoxy) is 1. The molecule has 0 radical (unpaired) electrons. The molecule has 0 N–H and O–H groups in total. The van der Waals surface area contributed by atoms with E-state index in [1.165, 1.54) is 21.3 Å². The predicted molar refractivity (Wildman–Crippen MR) is 125 cm³/mol. The average Bonchev–Trinajstić information content (AvgIpc) is 2.77. The molecule has 0 spiro atoms. The second-order valence-corrected chi connectivity index (χ2v) is 12.3. The third-order valence-electron chi connectivity index (χ3n) is 5.68. The molecule has 0 saturated carbocycles. The molecule has 0 aliphatic carbocycles. The van der Waals surface area contributed by atoms with Crippen LogP contribution >= 0.6 is 11.6 Å². The Labute approximate surface area is 198 Å². The number of anilines is 1. The highest BCUT2D eigenvalue weighted by atomic mass is 35.5. The lowest BCUT2D eigenvalue weighted by Gasteiger charge is -2.39. The number of aryl methyl sites for hydroxylation is 1. The van der Waals surface area contributed by atoms with E-state index in [4.69, 9.17) is 16.3 Å². The van der Waals surface area contributed by atoms with Crippen LogP contribution in [0.15, 0.2) is 47.4 Å². The van der Waals surface area contributed by atoms with Crippen molar-refractivity contribution >= 4 is 43.2 Å². The van der Waals surface area contributed by atoms with Crippen LogP contribution in [-0.4, -0.2) is 77.0 Å². The van der Waals surface area contributed by atoms with E-state index in [0.717, 1.165) is 16.1 Å². The molecule has 12 heteroatoms. The van der Waals surface area contributed by atoms with Crippen molar-refractivity contribution in [1.82, 2.24) is 9.21 Å². The first-order valence-corrected chi connectivity index (χ1v) is 13.9. The number of halogens is 1. The molecule has 2 aromatic rings. The molecule has 1 unspecified atom stereocenters. The van der Waals surface area contributed by atoms with Gasteiger partial charge in [-0.05, 0) is 37.3 Å². The summed E-state index contributed by atoms with van der Waals surface area (Å²) in [4.78, 5) is 14.9. The van der Waals surface area contributed by atoms with E-state index < -0.39 is 32.1 Å². The van der Waals surface area contributed by atoms with Crippen LogP contribution in [0.1, 0.15) is 5.56 Å². The van der Waals surface area contributed by atoms with Crippen LogP contribution in [-0.2, 0) is 24.8 Å². The van der Waals surface area contributed by atoms with Gasteiger partial charge in [-0.25, -0.2) is 16.8 Å². The average molecular weight is 514 g/mol. The normalized spacial score (nSPS) is 19.7. The van der Waals surface area contributed by atoms with Gasteiger partial charge < -0.3 is 9.64 Å². The highest BCUT2D eigenvalue weighted by Gasteiger charge is 2.39. The van der Waals surface area contributed by atoms with Gasteiger partial charge in [-0.3, -0.25) is 9.10 Å². The summed E-state index contributed by atoms with van der Waals surface area (Å²) in [6.07, 6.45) is 0.00727. The summed E-state index contributed by atoms with van der Waals surface area (Å²) in [5.41, 5.74) is 1.24. The van der Waals surface area contributed by atoms with Crippen LogP contribution < -0.4 is 9.04 Å². The molecule has 1 fully saturated rings. The molecular formula is C21H24ClN3O6S2. The van der Waals surface area contributed by atoms with Gasteiger partial charge in [0.1, 0.15) is 5.75 Å². The fourth-order valence-corrected chi connectivity index (χ4v) is 6.37. The fourth-order valence-electron chi connectivity index (χ4n) is 3.88. The van der Waals surface area contributed by atoms with Crippen molar-refractivity contribution in [2.45, 2.75) is 17.9 Å². The van der Waals surface area contributed by atoms with Gasteiger partial charge in [-0.15, -0.1) is 0 Å². The Hall–Kier alpha value is -2.34. The van der Waals surface area contributed by atoms with Crippen LogP contribution in [0.25, 0.3) is 0 Å². The Morgan fingerprint density at radius 2 is 1.64 bits per heavy atom. The van der Waals surface area contributed by atoms with Gasteiger partial charge in [0, 0.05) is 31.2 Å². The number of benzene rings is 2. The number of piperazine rings is 1. The first kappa shape index (κ1) is 23.8. The molecule has 2 aromatic carbocycles. The van der Waals surface area contributed by atoms with E-state index >= 15 is 0 Å². The maximum atomic E-state index is 13.2.